The van der Waals surface area contributed by atoms with Crippen LogP contribution in [0.5, 0.6) is 5.75 Å². The van der Waals surface area contributed by atoms with E-state index in [-0.39, 0.29) is 5.75 Å². The van der Waals surface area contributed by atoms with Crippen molar-refractivity contribution in [2.24, 2.45) is 5.16 Å². The van der Waals surface area contributed by atoms with Gasteiger partial charge in [-0.1, -0.05) is 5.16 Å². The standard InChI is InChI=1S/C13H17NO4S/c1-19(16,17)8-2-7-18-11-4-5-12-10(9-11)3-6-13(12)14-15/h4-5,9,15H,2-3,6-8H2,1H3/b14-13+. The molecule has 0 spiro atoms. The highest BCUT2D eigenvalue weighted by molar-refractivity contribution is 7.90. The Morgan fingerprint density at radius 1 is 1.37 bits per heavy atom. The van der Waals surface area contributed by atoms with Gasteiger partial charge in [0.15, 0.2) is 0 Å². The molecule has 0 aromatic heterocycles. The van der Waals surface area contributed by atoms with Gasteiger partial charge in [0.1, 0.15) is 15.6 Å². The van der Waals surface area contributed by atoms with E-state index in [0.29, 0.717) is 18.7 Å². The summed E-state index contributed by atoms with van der Waals surface area (Å²) in [4.78, 5) is 0. The molecule has 1 aliphatic carbocycles. The third-order valence-corrected chi connectivity index (χ3v) is 4.10. The molecule has 0 bridgehead atoms. The molecule has 0 saturated carbocycles. The number of hydrogen-bond acceptors (Lipinski definition) is 5. The number of aryl methyl sites for hydroxylation is 1. The molecule has 0 atom stereocenters. The topological polar surface area (TPSA) is 76.0 Å². The second-order valence-corrected chi connectivity index (χ2v) is 6.96. The fourth-order valence-corrected chi connectivity index (χ4v) is 2.79. The van der Waals surface area contributed by atoms with Gasteiger partial charge in [0.05, 0.1) is 18.1 Å². The lowest BCUT2D eigenvalue weighted by Gasteiger charge is -2.07. The highest BCUT2D eigenvalue weighted by atomic mass is 32.2. The normalized spacial score (nSPS) is 16.6. The lowest BCUT2D eigenvalue weighted by Crippen LogP contribution is -2.08. The van der Waals surface area contributed by atoms with Crippen LogP contribution in [0.4, 0.5) is 0 Å². The maximum atomic E-state index is 11.0. The summed E-state index contributed by atoms with van der Waals surface area (Å²) in [6.45, 7) is 0.382. The monoisotopic (exact) mass is 283 g/mol. The number of rotatable bonds is 5. The summed E-state index contributed by atoms with van der Waals surface area (Å²) in [5.41, 5.74) is 2.78. The Kier molecular flexibility index (Phi) is 4.09. The van der Waals surface area contributed by atoms with Gasteiger partial charge >= 0.3 is 0 Å². The van der Waals surface area contributed by atoms with Crippen LogP contribution in [-0.2, 0) is 16.3 Å². The maximum Gasteiger partial charge on any atom is 0.147 e. The largest absolute Gasteiger partial charge is 0.494 e. The van der Waals surface area contributed by atoms with Crippen LogP contribution in [0.2, 0.25) is 0 Å². The van der Waals surface area contributed by atoms with E-state index in [2.05, 4.69) is 5.16 Å². The van der Waals surface area contributed by atoms with Crippen molar-refractivity contribution >= 4 is 15.5 Å². The maximum absolute atomic E-state index is 11.0. The molecule has 0 fully saturated rings. The van der Waals surface area contributed by atoms with Gasteiger partial charge in [-0.25, -0.2) is 8.42 Å². The second-order valence-electron chi connectivity index (χ2n) is 4.70. The van der Waals surface area contributed by atoms with Crippen molar-refractivity contribution in [2.75, 3.05) is 18.6 Å². The minimum Gasteiger partial charge on any atom is -0.494 e. The predicted octanol–water partition coefficient (Wildman–Crippen LogP) is 1.62. The van der Waals surface area contributed by atoms with E-state index in [9.17, 15) is 8.42 Å². The first kappa shape index (κ1) is 13.9. The highest BCUT2D eigenvalue weighted by Crippen LogP contribution is 2.26. The van der Waals surface area contributed by atoms with E-state index in [1.54, 1.807) is 0 Å². The van der Waals surface area contributed by atoms with Gasteiger partial charge in [0, 0.05) is 11.8 Å². The Hall–Kier alpha value is -1.56. The molecule has 1 aliphatic rings. The minimum absolute atomic E-state index is 0.138. The smallest absolute Gasteiger partial charge is 0.147 e. The van der Waals surface area contributed by atoms with Crippen LogP contribution in [0.25, 0.3) is 0 Å². The zero-order valence-corrected chi connectivity index (χ0v) is 11.6. The molecule has 0 saturated heterocycles. The first-order valence-corrected chi connectivity index (χ1v) is 8.20. The van der Waals surface area contributed by atoms with Gasteiger partial charge in [-0.05, 0) is 43.0 Å². The number of benzene rings is 1. The third-order valence-electron chi connectivity index (χ3n) is 3.07. The number of nitrogens with zero attached hydrogens (tertiary/aromatic N) is 1. The van der Waals surface area contributed by atoms with Crippen LogP contribution in [0.15, 0.2) is 23.4 Å². The lowest BCUT2D eigenvalue weighted by atomic mass is 10.1. The molecule has 1 N–H and O–H groups in total. The molecule has 5 nitrogen and oxygen atoms in total. The van der Waals surface area contributed by atoms with Crippen molar-refractivity contribution in [3.05, 3.63) is 29.3 Å². The first-order valence-electron chi connectivity index (χ1n) is 6.14. The van der Waals surface area contributed by atoms with E-state index in [1.165, 1.54) is 6.26 Å². The van der Waals surface area contributed by atoms with Crippen LogP contribution < -0.4 is 4.74 Å². The Morgan fingerprint density at radius 2 is 2.16 bits per heavy atom. The van der Waals surface area contributed by atoms with E-state index in [0.717, 1.165) is 29.7 Å². The lowest BCUT2D eigenvalue weighted by molar-refractivity contribution is 0.317. The number of fused-ring (bicyclic) bond motifs is 1. The molecule has 1 aromatic rings. The van der Waals surface area contributed by atoms with E-state index in [1.807, 2.05) is 18.2 Å². The number of hydrogen-bond donors (Lipinski definition) is 1. The Bertz CT molecular complexity index is 593. The summed E-state index contributed by atoms with van der Waals surface area (Å²) in [6.07, 6.45) is 3.29. The fourth-order valence-electron chi connectivity index (χ4n) is 2.15. The molecule has 0 heterocycles. The van der Waals surface area contributed by atoms with Crippen LogP contribution in [-0.4, -0.2) is 38.0 Å². The van der Waals surface area contributed by atoms with Crippen molar-refractivity contribution in [3.63, 3.8) is 0 Å². The van der Waals surface area contributed by atoms with E-state index >= 15 is 0 Å². The van der Waals surface area contributed by atoms with Crippen molar-refractivity contribution < 1.29 is 18.4 Å². The molecule has 1 aromatic carbocycles. The molecular weight excluding hydrogens is 266 g/mol. The van der Waals surface area contributed by atoms with Crippen LogP contribution in [0.3, 0.4) is 0 Å². The number of sulfone groups is 1. The number of oxime groups is 1. The summed E-state index contributed by atoms with van der Waals surface area (Å²) in [7, 11) is -2.92. The fraction of sp³-hybridized carbons (Fsp3) is 0.462. The van der Waals surface area contributed by atoms with Gasteiger partial charge in [-0.15, -0.1) is 0 Å². The van der Waals surface area contributed by atoms with Gasteiger partial charge < -0.3 is 9.94 Å². The first-order chi connectivity index (χ1) is 8.99. The van der Waals surface area contributed by atoms with Crippen molar-refractivity contribution in [3.8, 4) is 5.75 Å². The van der Waals surface area contributed by atoms with E-state index in [4.69, 9.17) is 9.94 Å². The van der Waals surface area contributed by atoms with Gasteiger partial charge in [0.25, 0.3) is 0 Å². The van der Waals surface area contributed by atoms with Crippen molar-refractivity contribution in [2.45, 2.75) is 19.3 Å². The minimum atomic E-state index is -2.92. The molecule has 6 heteroatoms. The van der Waals surface area contributed by atoms with Crippen LogP contribution in [0, 0.1) is 0 Å². The van der Waals surface area contributed by atoms with Gasteiger partial charge in [-0.2, -0.15) is 0 Å². The second kappa shape index (κ2) is 5.61. The third kappa shape index (κ3) is 3.70. The van der Waals surface area contributed by atoms with Crippen molar-refractivity contribution in [1.29, 1.82) is 0 Å². The summed E-state index contributed by atoms with van der Waals surface area (Å²) in [5.74, 6) is 0.866. The average Bonchev–Trinajstić information content (AvgIpc) is 2.75. The number of ether oxygens (including phenoxy) is 1. The van der Waals surface area contributed by atoms with Crippen LogP contribution >= 0.6 is 0 Å². The van der Waals surface area contributed by atoms with E-state index < -0.39 is 9.84 Å². The molecule has 104 valence electrons. The summed E-state index contributed by atoms with van der Waals surface area (Å²) >= 11 is 0. The summed E-state index contributed by atoms with van der Waals surface area (Å²) in [6, 6.07) is 5.62. The molecule has 0 radical (unpaired) electrons. The Morgan fingerprint density at radius 3 is 2.84 bits per heavy atom. The molecule has 0 amide bonds. The van der Waals surface area contributed by atoms with Crippen molar-refractivity contribution in [1.82, 2.24) is 0 Å². The zero-order chi connectivity index (χ0) is 13.9. The Balaban J connectivity index is 1.93. The molecule has 0 aliphatic heterocycles. The molecule has 0 unspecified atom stereocenters. The molecular formula is C13H17NO4S. The Labute approximate surface area is 112 Å². The highest BCUT2D eigenvalue weighted by Gasteiger charge is 2.18. The molecule has 2 rings (SSSR count). The zero-order valence-electron chi connectivity index (χ0n) is 10.8. The van der Waals surface area contributed by atoms with Crippen LogP contribution in [0.1, 0.15) is 24.0 Å². The quantitative estimate of drug-likeness (QED) is 0.506. The average molecular weight is 283 g/mol. The summed E-state index contributed by atoms with van der Waals surface area (Å²) < 4.78 is 27.5. The van der Waals surface area contributed by atoms with Gasteiger partial charge in [-0.3, -0.25) is 0 Å². The SMILES string of the molecule is CS(=O)(=O)CCCOc1ccc2c(c1)CC/C2=N\O. The summed E-state index contributed by atoms with van der Waals surface area (Å²) in [5, 5.41) is 12.1. The van der Waals surface area contributed by atoms with Gasteiger partial charge in [0.2, 0.25) is 0 Å². The predicted molar refractivity (Wildman–Crippen MR) is 72.9 cm³/mol. The molecule has 19 heavy (non-hydrogen) atoms.